The van der Waals surface area contributed by atoms with Crippen LogP contribution in [0, 0.1) is 6.92 Å². The van der Waals surface area contributed by atoms with Gasteiger partial charge in [0.25, 0.3) is 0 Å². The van der Waals surface area contributed by atoms with Crippen molar-refractivity contribution < 1.29 is 4.42 Å². The number of furan rings is 1. The number of aryl methyl sites for hydroxylation is 1. The Bertz CT molecular complexity index is 2190. The molecule has 0 spiro atoms. The van der Waals surface area contributed by atoms with Crippen molar-refractivity contribution >= 4 is 33.1 Å². The van der Waals surface area contributed by atoms with Crippen molar-refractivity contribution in [1.29, 1.82) is 0 Å². The van der Waals surface area contributed by atoms with Gasteiger partial charge in [0.2, 0.25) is 5.71 Å². The van der Waals surface area contributed by atoms with Crippen LogP contribution < -0.4 is 0 Å². The molecular formula is C41H39N3O. The normalized spacial score (nSPS) is 14.6. The van der Waals surface area contributed by atoms with Crippen LogP contribution in [0.4, 0.5) is 0 Å². The summed E-state index contributed by atoms with van der Waals surface area (Å²) < 4.78 is 9.02. The van der Waals surface area contributed by atoms with Crippen molar-refractivity contribution in [3.05, 3.63) is 114 Å². The van der Waals surface area contributed by atoms with Crippen LogP contribution in [0.15, 0.2) is 101 Å². The number of benzene rings is 4. The molecule has 4 heteroatoms. The predicted octanol–water partition coefficient (Wildman–Crippen LogP) is 11.3. The molecule has 3 heterocycles. The summed E-state index contributed by atoms with van der Waals surface area (Å²) >= 11 is 0. The molecule has 0 atom stereocenters. The van der Waals surface area contributed by atoms with E-state index in [1.807, 2.05) is 0 Å². The summed E-state index contributed by atoms with van der Waals surface area (Å²) in [4.78, 5) is 10.4. The molecule has 1 fully saturated rings. The Kier molecular flexibility index (Phi) is 6.63. The lowest BCUT2D eigenvalue weighted by Crippen LogP contribution is -2.12. The average molecular weight is 590 g/mol. The first-order valence-electron chi connectivity index (χ1n) is 16.4. The number of imidazole rings is 1. The van der Waals surface area contributed by atoms with Gasteiger partial charge in [0.05, 0.1) is 22.3 Å². The van der Waals surface area contributed by atoms with Crippen LogP contribution in [-0.4, -0.2) is 14.5 Å². The van der Waals surface area contributed by atoms with Gasteiger partial charge in [-0.2, -0.15) is 0 Å². The molecule has 224 valence electrons. The van der Waals surface area contributed by atoms with Crippen LogP contribution in [0.1, 0.15) is 75.6 Å². The molecule has 0 N–H and O–H groups in total. The molecule has 4 nitrogen and oxygen atoms in total. The monoisotopic (exact) mass is 589 g/mol. The molecule has 45 heavy (non-hydrogen) atoms. The van der Waals surface area contributed by atoms with Crippen LogP contribution in [0.5, 0.6) is 0 Å². The fourth-order valence-corrected chi connectivity index (χ4v) is 7.16. The summed E-state index contributed by atoms with van der Waals surface area (Å²) in [5, 5.41) is 2.13. The molecule has 1 aliphatic rings. The summed E-state index contributed by atoms with van der Waals surface area (Å²) in [6, 6.07) is 35.0. The summed E-state index contributed by atoms with van der Waals surface area (Å²) in [5.41, 5.74) is 11.7. The number of rotatable bonds is 4. The second kappa shape index (κ2) is 10.7. The van der Waals surface area contributed by atoms with E-state index in [1.165, 1.54) is 54.4 Å². The second-order valence-electron chi connectivity index (χ2n) is 13.8. The van der Waals surface area contributed by atoms with E-state index in [-0.39, 0.29) is 5.41 Å². The van der Waals surface area contributed by atoms with Gasteiger partial charge in [0.15, 0.2) is 0 Å². The smallest absolute Gasteiger partial charge is 0.227 e. The standard InChI is InChI=1S/C41H39N3O/c1-26-18-22-37-35(24-26)42-39(44(37)36-23-19-29(41(2,3)4)25-33(36)27-12-7-5-8-13-27)32-17-11-16-30-31-20-21-34(28-14-9-6-10-15-28)43-40(31)45-38(30)32/h5,7-8,11-13,16-25,28H,6,9-10,14-15H2,1-4H3. The van der Waals surface area contributed by atoms with Gasteiger partial charge in [-0.15, -0.1) is 0 Å². The second-order valence-corrected chi connectivity index (χ2v) is 13.8. The third-order valence-electron chi connectivity index (χ3n) is 9.65. The zero-order valence-corrected chi connectivity index (χ0v) is 26.6. The quantitative estimate of drug-likeness (QED) is 0.205. The molecule has 7 aromatic rings. The van der Waals surface area contributed by atoms with Gasteiger partial charge >= 0.3 is 0 Å². The van der Waals surface area contributed by atoms with Gasteiger partial charge < -0.3 is 4.42 Å². The van der Waals surface area contributed by atoms with Gasteiger partial charge in [0.1, 0.15) is 11.4 Å². The maximum Gasteiger partial charge on any atom is 0.227 e. The molecule has 0 saturated heterocycles. The number of hydrogen-bond donors (Lipinski definition) is 0. The van der Waals surface area contributed by atoms with Gasteiger partial charge in [0, 0.05) is 27.9 Å². The van der Waals surface area contributed by atoms with Crippen LogP contribution in [0.2, 0.25) is 0 Å². The van der Waals surface area contributed by atoms with Crippen LogP contribution in [-0.2, 0) is 5.41 Å². The number of hydrogen-bond acceptors (Lipinski definition) is 3. The van der Waals surface area contributed by atoms with E-state index >= 15 is 0 Å². The van der Waals surface area contributed by atoms with Crippen molar-refractivity contribution in [3.8, 4) is 28.2 Å². The highest BCUT2D eigenvalue weighted by Gasteiger charge is 2.24. The van der Waals surface area contributed by atoms with Crippen LogP contribution in [0.25, 0.3) is 61.3 Å². The molecule has 0 amide bonds. The zero-order chi connectivity index (χ0) is 30.7. The first-order valence-corrected chi connectivity index (χ1v) is 16.4. The van der Waals surface area contributed by atoms with E-state index in [1.54, 1.807) is 0 Å². The molecule has 1 saturated carbocycles. The highest BCUT2D eigenvalue weighted by atomic mass is 16.3. The number of para-hydroxylation sites is 1. The van der Waals surface area contributed by atoms with Crippen molar-refractivity contribution in [1.82, 2.24) is 14.5 Å². The first-order chi connectivity index (χ1) is 21.8. The maximum absolute atomic E-state index is 6.69. The van der Waals surface area contributed by atoms with Gasteiger partial charge in [-0.25, -0.2) is 9.97 Å². The topological polar surface area (TPSA) is 43.9 Å². The molecule has 0 aliphatic heterocycles. The minimum absolute atomic E-state index is 0.0162. The minimum Gasteiger partial charge on any atom is -0.437 e. The number of nitrogens with zero attached hydrogens (tertiary/aromatic N) is 3. The molecule has 1 aliphatic carbocycles. The molecule has 3 aromatic heterocycles. The summed E-state index contributed by atoms with van der Waals surface area (Å²) in [6.45, 7) is 8.94. The van der Waals surface area contributed by atoms with E-state index in [0.29, 0.717) is 5.92 Å². The highest BCUT2D eigenvalue weighted by Crippen LogP contribution is 2.41. The van der Waals surface area contributed by atoms with Crippen molar-refractivity contribution in [3.63, 3.8) is 0 Å². The number of pyridine rings is 1. The SMILES string of the molecule is Cc1ccc2c(c1)nc(-c1cccc3c1oc1nc(C4CCCCC4)ccc13)n2-c1ccc(C(C)(C)C)cc1-c1ccccc1. The van der Waals surface area contributed by atoms with E-state index in [9.17, 15) is 0 Å². The Morgan fingerprint density at radius 3 is 2.36 bits per heavy atom. The maximum atomic E-state index is 6.69. The number of fused-ring (bicyclic) bond motifs is 4. The zero-order valence-electron chi connectivity index (χ0n) is 26.6. The molecule has 0 radical (unpaired) electrons. The minimum atomic E-state index is 0.0162. The van der Waals surface area contributed by atoms with Gasteiger partial charge in [-0.1, -0.05) is 94.6 Å². The van der Waals surface area contributed by atoms with Crippen molar-refractivity contribution in [2.75, 3.05) is 0 Å². The third kappa shape index (κ3) is 4.84. The third-order valence-corrected chi connectivity index (χ3v) is 9.65. The van der Waals surface area contributed by atoms with Crippen LogP contribution >= 0.6 is 0 Å². The Morgan fingerprint density at radius 2 is 1.56 bits per heavy atom. The number of aromatic nitrogens is 3. The Hall–Kier alpha value is -4.70. The van der Waals surface area contributed by atoms with Crippen molar-refractivity contribution in [2.45, 2.75) is 71.1 Å². The Balaban J connectivity index is 1.39. The van der Waals surface area contributed by atoms with E-state index in [4.69, 9.17) is 14.4 Å². The van der Waals surface area contributed by atoms with E-state index < -0.39 is 0 Å². The van der Waals surface area contributed by atoms with E-state index in [0.717, 1.165) is 55.9 Å². The summed E-state index contributed by atoms with van der Waals surface area (Å²) in [7, 11) is 0. The lowest BCUT2D eigenvalue weighted by atomic mass is 9.85. The molecule has 8 rings (SSSR count). The van der Waals surface area contributed by atoms with Crippen LogP contribution in [0.3, 0.4) is 0 Å². The molecule has 4 aromatic carbocycles. The van der Waals surface area contributed by atoms with Crippen molar-refractivity contribution in [2.24, 2.45) is 0 Å². The molecular weight excluding hydrogens is 550 g/mol. The molecule has 0 bridgehead atoms. The Labute approximate surface area is 264 Å². The fraction of sp³-hybridized carbons (Fsp3) is 0.268. The largest absolute Gasteiger partial charge is 0.437 e. The van der Waals surface area contributed by atoms with Gasteiger partial charge in [-0.05, 0) is 84.3 Å². The summed E-state index contributed by atoms with van der Waals surface area (Å²) in [6.07, 6.45) is 6.33. The predicted molar refractivity (Wildman–Crippen MR) is 186 cm³/mol. The van der Waals surface area contributed by atoms with E-state index in [2.05, 4.69) is 129 Å². The Morgan fingerprint density at radius 1 is 0.733 bits per heavy atom. The average Bonchev–Trinajstić information content (AvgIpc) is 3.62. The fourth-order valence-electron chi connectivity index (χ4n) is 7.16. The molecule has 0 unspecified atom stereocenters. The highest BCUT2D eigenvalue weighted by molar-refractivity contribution is 6.08. The first kappa shape index (κ1) is 27.8. The van der Waals surface area contributed by atoms with Gasteiger partial charge in [-0.3, -0.25) is 4.57 Å². The lowest BCUT2D eigenvalue weighted by Gasteiger charge is -2.23. The summed E-state index contributed by atoms with van der Waals surface area (Å²) in [5.74, 6) is 1.39. The lowest BCUT2D eigenvalue weighted by molar-refractivity contribution is 0.436.